The van der Waals surface area contributed by atoms with Crippen LogP contribution in [0.15, 0.2) is 22.9 Å². The van der Waals surface area contributed by atoms with Gasteiger partial charge in [-0.1, -0.05) is 6.92 Å². The number of hydrogen-bond acceptors (Lipinski definition) is 4. The smallest absolute Gasteiger partial charge is 0.179 e. The lowest BCUT2D eigenvalue weighted by Gasteiger charge is -2.08. The summed E-state index contributed by atoms with van der Waals surface area (Å²) in [5.74, 6) is 1.51. The molecule has 0 aliphatic rings. The van der Waals surface area contributed by atoms with Gasteiger partial charge in [-0.25, -0.2) is 9.97 Å². The molecule has 0 saturated carbocycles. The molecule has 0 radical (unpaired) electrons. The van der Waals surface area contributed by atoms with Gasteiger partial charge in [-0.3, -0.25) is 4.68 Å². The Hall–Kier alpha value is -1.43. The van der Waals surface area contributed by atoms with E-state index in [9.17, 15) is 0 Å². The molecule has 1 N–H and O–H groups in total. The SMILES string of the molecule is CCCn1nccc1-c1ncc(Br)c(NCC)n1. The van der Waals surface area contributed by atoms with Crippen molar-refractivity contribution in [2.45, 2.75) is 26.8 Å². The predicted molar refractivity (Wildman–Crippen MR) is 75.4 cm³/mol. The summed E-state index contributed by atoms with van der Waals surface area (Å²) in [6, 6.07) is 1.94. The second-order valence-corrected chi connectivity index (χ2v) is 4.71. The Morgan fingerprint density at radius 1 is 1.39 bits per heavy atom. The van der Waals surface area contributed by atoms with Gasteiger partial charge >= 0.3 is 0 Å². The molecule has 18 heavy (non-hydrogen) atoms. The molecular weight excluding hydrogens is 294 g/mol. The number of halogens is 1. The first-order valence-corrected chi connectivity index (χ1v) is 6.84. The summed E-state index contributed by atoms with van der Waals surface area (Å²) in [5.41, 5.74) is 0.948. The minimum Gasteiger partial charge on any atom is -0.369 e. The van der Waals surface area contributed by atoms with Crippen LogP contribution < -0.4 is 5.32 Å². The van der Waals surface area contributed by atoms with Crippen LogP contribution in [0.3, 0.4) is 0 Å². The molecule has 0 aliphatic heterocycles. The van der Waals surface area contributed by atoms with E-state index in [0.29, 0.717) is 5.82 Å². The minimum atomic E-state index is 0.695. The van der Waals surface area contributed by atoms with E-state index in [4.69, 9.17) is 0 Å². The molecule has 2 rings (SSSR count). The molecule has 0 atom stereocenters. The number of anilines is 1. The number of rotatable bonds is 5. The average Bonchev–Trinajstić information content (AvgIpc) is 2.81. The van der Waals surface area contributed by atoms with Gasteiger partial charge in [-0.05, 0) is 35.3 Å². The number of aromatic nitrogens is 4. The molecule has 96 valence electrons. The van der Waals surface area contributed by atoms with Crippen LogP contribution >= 0.6 is 15.9 Å². The van der Waals surface area contributed by atoms with Crippen molar-refractivity contribution >= 4 is 21.7 Å². The predicted octanol–water partition coefficient (Wildman–Crippen LogP) is 2.94. The Morgan fingerprint density at radius 2 is 2.22 bits per heavy atom. The van der Waals surface area contributed by atoms with Crippen LogP contribution in [0.4, 0.5) is 5.82 Å². The third kappa shape index (κ3) is 2.69. The Labute approximate surface area is 115 Å². The van der Waals surface area contributed by atoms with E-state index >= 15 is 0 Å². The van der Waals surface area contributed by atoms with Gasteiger partial charge in [-0.15, -0.1) is 0 Å². The molecule has 2 heterocycles. The molecule has 0 spiro atoms. The van der Waals surface area contributed by atoms with Gasteiger partial charge in [-0.2, -0.15) is 5.10 Å². The maximum absolute atomic E-state index is 4.52. The highest BCUT2D eigenvalue weighted by Crippen LogP contribution is 2.23. The molecule has 0 aromatic carbocycles. The van der Waals surface area contributed by atoms with Gasteiger partial charge in [0.05, 0.1) is 4.47 Å². The van der Waals surface area contributed by atoms with E-state index < -0.39 is 0 Å². The van der Waals surface area contributed by atoms with E-state index in [-0.39, 0.29) is 0 Å². The first-order valence-electron chi connectivity index (χ1n) is 6.04. The van der Waals surface area contributed by atoms with Gasteiger partial charge in [0.15, 0.2) is 5.82 Å². The quantitative estimate of drug-likeness (QED) is 0.922. The summed E-state index contributed by atoms with van der Waals surface area (Å²) >= 11 is 3.43. The van der Waals surface area contributed by atoms with E-state index in [1.54, 1.807) is 12.4 Å². The molecule has 0 unspecified atom stereocenters. The maximum atomic E-state index is 4.52. The summed E-state index contributed by atoms with van der Waals surface area (Å²) < 4.78 is 2.80. The molecule has 0 amide bonds. The van der Waals surface area contributed by atoms with E-state index in [0.717, 1.165) is 35.5 Å². The van der Waals surface area contributed by atoms with Crippen LogP contribution in [-0.4, -0.2) is 26.3 Å². The van der Waals surface area contributed by atoms with Crippen LogP contribution in [0.2, 0.25) is 0 Å². The van der Waals surface area contributed by atoms with Gasteiger partial charge in [0, 0.05) is 25.5 Å². The number of hydrogen-bond donors (Lipinski definition) is 1. The van der Waals surface area contributed by atoms with Crippen LogP contribution in [0, 0.1) is 0 Å². The van der Waals surface area contributed by atoms with Gasteiger partial charge in [0.1, 0.15) is 11.5 Å². The molecule has 0 saturated heterocycles. The first-order chi connectivity index (χ1) is 8.76. The lowest BCUT2D eigenvalue weighted by molar-refractivity contribution is 0.606. The lowest BCUT2D eigenvalue weighted by atomic mass is 10.3. The molecule has 2 aromatic rings. The highest BCUT2D eigenvalue weighted by Gasteiger charge is 2.10. The number of nitrogens with zero attached hydrogens (tertiary/aromatic N) is 4. The molecule has 6 heteroatoms. The normalized spacial score (nSPS) is 10.6. The van der Waals surface area contributed by atoms with Crippen molar-refractivity contribution in [2.75, 3.05) is 11.9 Å². The molecule has 0 fully saturated rings. The highest BCUT2D eigenvalue weighted by molar-refractivity contribution is 9.10. The zero-order valence-corrected chi connectivity index (χ0v) is 12.1. The molecule has 0 bridgehead atoms. The summed E-state index contributed by atoms with van der Waals surface area (Å²) in [6.45, 7) is 5.86. The number of nitrogens with one attached hydrogen (secondary N) is 1. The lowest BCUT2D eigenvalue weighted by Crippen LogP contribution is -2.06. The largest absolute Gasteiger partial charge is 0.369 e. The summed E-state index contributed by atoms with van der Waals surface area (Å²) in [4.78, 5) is 8.87. The molecule has 0 aliphatic carbocycles. The zero-order chi connectivity index (χ0) is 13.0. The van der Waals surface area contributed by atoms with Gasteiger partial charge in [0.25, 0.3) is 0 Å². The third-order valence-electron chi connectivity index (χ3n) is 2.47. The third-order valence-corrected chi connectivity index (χ3v) is 3.05. The minimum absolute atomic E-state index is 0.695. The second-order valence-electron chi connectivity index (χ2n) is 3.86. The van der Waals surface area contributed by atoms with Crippen molar-refractivity contribution in [3.63, 3.8) is 0 Å². The molecular formula is C12H16BrN5. The Kier molecular flexibility index (Phi) is 4.30. The fourth-order valence-electron chi connectivity index (χ4n) is 1.69. The number of aryl methyl sites for hydroxylation is 1. The zero-order valence-electron chi connectivity index (χ0n) is 10.5. The summed E-state index contributed by atoms with van der Waals surface area (Å²) in [5, 5.41) is 7.49. The topological polar surface area (TPSA) is 55.6 Å². The van der Waals surface area contributed by atoms with E-state index in [2.05, 4.69) is 43.2 Å². The van der Waals surface area contributed by atoms with Crippen molar-refractivity contribution in [3.05, 3.63) is 22.9 Å². The summed E-state index contributed by atoms with van der Waals surface area (Å²) in [6.07, 6.45) is 4.58. The molecule has 2 aromatic heterocycles. The van der Waals surface area contributed by atoms with E-state index in [1.165, 1.54) is 0 Å². The van der Waals surface area contributed by atoms with E-state index in [1.807, 2.05) is 17.7 Å². The maximum Gasteiger partial charge on any atom is 0.179 e. The van der Waals surface area contributed by atoms with Crippen LogP contribution in [0.5, 0.6) is 0 Å². The van der Waals surface area contributed by atoms with Crippen LogP contribution in [-0.2, 0) is 6.54 Å². The highest BCUT2D eigenvalue weighted by atomic mass is 79.9. The van der Waals surface area contributed by atoms with Crippen molar-refractivity contribution in [1.29, 1.82) is 0 Å². The molecule has 5 nitrogen and oxygen atoms in total. The summed E-state index contributed by atoms with van der Waals surface area (Å²) in [7, 11) is 0. The second kappa shape index (κ2) is 5.95. The fraction of sp³-hybridized carbons (Fsp3) is 0.417. The standard InChI is InChI=1S/C12H16BrN5/c1-3-7-18-10(5-6-16-18)12-15-8-9(13)11(17-12)14-4-2/h5-6,8H,3-4,7H2,1-2H3,(H,14,15,17). The van der Waals surface area contributed by atoms with Crippen molar-refractivity contribution in [2.24, 2.45) is 0 Å². The fourth-order valence-corrected chi connectivity index (χ4v) is 2.03. The Balaban J connectivity index is 2.38. The Morgan fingerprint density at radius 3 is 2.94 bits per heavy atom. The van der Waals surface area contributed by atoms with Crippen molar-refractivity contribution < 1.29 is 0 Å². The van der Waals surface area contributed by atoms with Crippen LogP contribution in [0.25, 0.3) is 11.5 Å². The van der Waals surface area contributed by atoms with Gasteiger partial charge in [0.2, 0.25) is 0 Å². The average molecular weight is 310 g/mol. The van der Waals surface area contributed by atoms with Crippen LogP contribution in [0.1, 0.15) is 20.3 Å². The monoisotopic (exact) mass is 309 g/mol. The van der Waals surface area contributed by atoms with Crippen molar-refractivity contribution in [1.82, 2.24) is 19.7 Å². The van der Waals surface area contributed by atoms with Gasteiger partial charge < -0.3 is 5.32 Å². The Bertz CT molecular complexity index is 523. The van der Waals surface area contributed by atoms with Crippen molar-refractivity contribution in [3.8, 4) is 11.5 Å². The first kappa shape index (κ1) is 13.0.